The number of thioether (sulfide) groups is 1. The molecule has 7 atom stereocenters. The molecular weight excluding hydrogens is 753 g/mol. The monoisotopic (exact) mass is 805 g/mol. The Hall–Kier alpha value is -3.38. The first kappa shape index (κ1) is 42.8. The number of carbonyl (C=O) groups excluding carboxylic acids is 1. The van der Waals surface area contributed by atoms with Crippen molar-refractivity contribution in [1.29, 1.82) is 0 Å². The Balaban J connectivity index is 1.27. The van der Waals surface area contributed by atoms with Gasteiger partial charge in [0, 0.05) is 29.2 Å². The van der Waals surface area contributed by atoms with Crippen molar-refractivity contribution in [2.75, 3.05) is 31.7 Å². The summed E-state index contributed by atoms with van der Waals surface area (Å²) in [6.07, 6.45) is -4.02. The predicted octanol–water partition coefficient (Wildman–Crippen LogP) is 6.96. The first-order valence-electron chi connectivity index (χ1n) is 18.7. The van der Waals surface area contributed by atoms with E-state index in [0.717, 1.165) is 11.8 Å². The van der Waals surface area contributed by atoms with E-state index in [1.807, 2.05) is 37.3 Å². The molecule has 2 N–H and O–H groups in total. The number of aromatic nitrogens is 2. The van der Waals surface area contributed by atoms with Crippen LogP contribution in [0.2, 0.25) is 11.1 Å². The van der Waals surface area contributed by atoms with Crippen molar-refractivity contribution in [3.05, 3.63) is 82.4 Å². The molecule has 55 heavy (non-hydrogen) atoms. The van der Waals surface area contributed by atoms with Gasteiger partial charge < -0.3 is 38.2 Å². The quantitative estimate of drug-likeness (QED) is 0.129. The molecule has 16 heteroatoms. The lowest BCUT2D eigenvalue weighted by Gasteiger charge is -2.39. The summed E-state index contributed by atoms with van der Waals surface area (Å²) in [5, 5.41) is 3.09. The Morgan fingerprint density at radius 3 is 2.49 bits per heavy atom. The summed E-state index contributed by atoms with van der Waals surface area (Å²) < 4.78 is 68.7. The molecule has 2 aliphatic rings. The van der Waals surface area contributed by atoms with Crippen LogP contribution in [0.15, 0.2) is 65.6 Å². The molecule has 1 fully saturated rings. The van der Waals surface area contributed by atoms with Crippen molar-refractivity contribution in [2.24, 2.45) is 0 Å². The highest BCUT2D eigenvalue weighted by Gasteiger charge is 2.64. The highest BCUT2D eigenvalue weighted by atomic mass is 32.2. The van der Waals surface area contributed by atoms with Crippen LogP contribution in [0.3, 0.4) is 0 Å². The number of nitrogens with one attached hydrogen (secondary N) is 1. The van der Waals surface area contributed by atoms with Crippen LogP contribution in [0, 0.1) is 0 Å². The fourth-order valence-electron chi connectivity index (χ4n) is 6.76. The number of rotatable bonds is 18. The summed E-state index contributed by atoms with van der Waals surface area (Å²) in [5.41, 5.74) is -0.655. The number of benzene rings is 2. The second-order valence-corrected chi connectivity index (χ2v) is 20.5. The largest absolute Gasteiger partial charge is 0.486 e. The molecule has 0 spiro atoms. The van der Waals surface area contributed by atoms with Crippen molar-refractivity contribution in [3.8, 4) is 11.5 Å². The van der Waals surface area contributed by atoms with E-state index in [2.05, 4.69) is 31.1 Å². The van der Waals surface area contributed by atoms with Gasteiger partial charge >= 0.3 is 20.2 Å². The van der Waals surface area contributed by atoms with Gasteiger partial charge in [0.1, 0.15) is 24.6 Å². The number of fused-ring (bicyclic) bond motifs is 1. The fraction of sp³-hybridized carbons (Fsp3) is 0.564. The van der Waals surface area contributed by atoms with Crippen molar-refractivity contribution < 1.29 is 46.5 Å². The smallest absolute Gasteiger partial charge is 0.351 e. The van der Waals surface area contributed by atoms with E-state index in [0.29, 0.717) is 34.3 Å². The molecule has 3 heterocycles. The van der Waals surface area contributed by atoms with Crippen molar-refractivity contribution >= 4 is 32.0 Å². The average Bonchev–Trinajstić information content (AvgIpc) is 3.38. The van der Waals surface area contributed by atoms with Crippen molar-refractivity contribution in [2.45, 2.75) is 114 Å². The molecular formula is C39H53F2N3O9SSi. The molecule has 5 rings (SSSR count). The van der Waals surface area contributed by atoms with Gasteiger partial charge in [-0.3, -0.25) is 9.36 Å². The van der Waals surface area contributed by atoms with E-state index in [9.17, 15) is 14.4 Å². The number of ether oxygens (including phenoxy) is 5. The molecule has 0 bridgehead atoms. The molecule has 5 unspecified atom stereocenters. The lowest BCUT2D eigenvalue weighted by atomic mass is 10.1. The minimum atomic E-state index is -3.82. The van der Waals surface area contributed by atoms with Crippen LogP contribution in [0.25, 0.3) is 0 Å². The van der Waals surface area contributed by atoms with Crippen molar-refractivity contribution in [3.63, 3.8) is 0 Å². The van der Waals surface area contributed by atoms with Crippen LogP contribution >= 0.6 is 11.8 Å². The van der Waals surface area contributed by atoms with Crippen LogP contribution in [0.1, 0.15) is 77.0 Å². The normalized spacial score (nSPS) is 22.7. The number of anilines is 1. The lowest BCUT2D eigenvalue weighted by molar-refractivity contribution is -0.140. The third kappa shape index (κ3) is 10.5. The van der Waals surface area contributed by atoms with E-state index in [4.69, 9.17) is 28.1 Å². The topological polar surface area (TPSA) is 140 Å². The maximum absolute atomic E-state index is 16.5. The summed E-state index contributed by atoms with van der Waals surface area (Å²) in [6, 6.07) is 15.6. The summed E-state index contributed by atoms with van der Waals surface area (Å²) in [4.78, 5) is 42.4. The molecule has 1 aromatic heterocycles. The molecule has 2 aliphatic heterocycles. The van der Waals surface area contributed by atoms with Gasteiger partial charge in [0.05, 0.1) is 19.8 Å². The molecule has 0 aliphatic carbocycles. The van der Waals surface area contributed by atoms with Gasteiger partial charge in [-0.15, -0.1) is 0 Å². The van der Waals surface area contributed by atoms with E-state index in [1.165, 1.54) is 18.2 Å². The zero-order valence-electron chi connectivity index (χ0n) is 32.4. The highest BCUT2D eigenvalue weighted by Crippen LogP contribution is 2.48. The van der Waals surface area contributed by atoms with Gasteiger partial charge in [-0.1, -0.05) is 71.9 Å². The third-order valence-electron chi connectivity index (χ3n) is 9.54. The number of hydrogen-bond acceptors (Lipinski definition) is 11. The Kier molecular flexibility index (Phi) is 14.5. The standard InChI is InChI=1S/C39H53F2N3O9SSi/c1-8-48-23-33-35(53-55(47,25(4)5)27(7)18-26(6)54-24(2)3)39(40,41)37(52-33)44-17-16-34(43-38(44)46)42-36(45)29-14-15-31-32(19-29)51-30(22-50-31)21-49-20-28-12-10-9-11-13-28/h9-17,19,24-27,30,33,35,37,47H,8,18,20-23H2,1-7H3,(H,42,43,45,46)/t26?,27?,30?,33-,35-,37?,55?/m1/s1. The van der Waals surface area contributed by atoms with Crippen molar-refractivity contribution in [1.82, 2.24) is 9.55 Å². The Bertz CT molecular complexity index is 1790. The number of nitrogens with zero attached hydrogens (tertiary/aromatic N) is 2. The Morgan fingerprint density at radius 1 is 1.07 bits per heavy atom. The van der Waals surface area contributed by atoms with Gasteiger partial charge in [-0.2, -0.15) is 25.5 Å². The molecule has 3 aromatic rings. The van der Waals surface area contributed by atoms with Crippen LogP contribution in [-0.4, -0.2) is 90.0 Å². The molecule has 302 valence electrons. The van der Waals surface area contributed by atoms with E-state index in [1.54, 1.807) is 38.6 Å². The number of alkyl halides is 2. The van der Waals surface area contributed by atoms with Gasteiger partial charge in [-0.25, -0.2) is 4.79 Å². The minimum absolute atomic E-state index is 0.155. The average molecular weight is 806 g/mol. The lowest BCUT2D eigenvalue weighted by Crippen LogP contribution is -2.55. The molecule has 0 saturated carbocycles. The van der Waals surface area contributed by atoms with Gasteiger partial charge in [0.25, 0.3) is 5.91 Å². The fourth-order valence-corrected chi connectivity index (χ4v) is 11.3. The minimum Gasteiger partial charge on any atom is -0.486 e. The van der Waals surface area contributed by atoms with E-state index in [-0.39, 0.29) is 48.6 Å². The second kappa shape index (κ2) is 18.7. The first-order chi connectivity index (χ1) is 26.1. The zero-order chi connectivity index (χ0) is 39.9. The second-order valence-electron chi connectivity index (χ2n) is 14.6. The summed E-state index contributed by atoms with van der Waals surface area (Å²) in [6.45, 7) is 14.3. The molecule has 2 aromatic carbocycles. The maximum atomic E-state index is 16.5. The molecule has 0 radical (unpaired) electrons. The first-order valence-corrected chi connectivity index (χ1v) is 21.7. The van der Waals surface area contributed by atoms with E-state index >= 15 is 8.78 Å². The molecule has 12 nitrogen and oxygen atoms in total. The Morgan fingerprint density at radius 2 is 1.82 bits per heavy atom. The van der Waals surface area contributed by atoms with Crippen LogP contribution in [0.4, 0.5) is 14.6 Å². The molecule has 1 saturated heterocycles. The number of halogens is 2. The SMILES string of the molecule is CCOC[C@H]1OC(n2ccc(NC(=O)c3ccc4c(c3)OC(COCc3ccccc3)CO4)nc2=O)C(F)(F)[C@@H]1O[Si](O)(C(C)C)C(C)CC(C)SC(C)C. The number of carbonyl (C=O) groups is 1. The zero-order valence-corrected chi connectivity index (χ0v) is 34.2. The van der Waals surface area contributed by atoms with E-state index < -0.39 is 56.2 Å². The Labute approximate surface area is 326 Å². The third-order valence-corrected chi connectivity index (χ3v) is 14.7. The summed E-state index contributed by atoms with van der Waals surface area (Å²) in [7, 11) is -3.82. The van der Waals surface area contributed by atoms with Gasteiger partial charge in [0.15, 0.2) is 17.6 Å². The molecule has 1 amide bonds. The predicted molar refractivity (Wildman–Crippen MR) is 208 cm³/mol. The van der Waals surface area contributed by atoms with Crippen LogP contribution in [0.5, 0.6) is 11.5 Å². The maximum Gasteiger partial charge on any atom is 0.351 e. The van der Waals surface area contributed by atoms with Crippen LogP contribution in [-0.2, 0) is 25.2 Å². The number of hydrogen-bond donors (Lipinski definition) is 2. The highest BCUT2D eigenvalue weighted by molar-refractivity contribution is 8.00. The van der Waals surface area contributed by atoms with Crippen LogP contribution < -0.4 is 20.5 Å². The summed E-state index contributed by atoms with van der Waals surface area (Å²) >= 11 is 1.75. The van der Waals surface area contributed by atoms with Gasteiger partial charge in [-0.05, 0) is 54.0 Å². The van der Waals surface area contributed by atoms with Gasteiger partial charge in [0.2, 0.25) is 6.23 Å². The number of amides is 1. The summed E-state index contributed by atoms with van der Waals surface area (Å²) in [5.74, 6) is -3.72.